The first-order valence-electron chi connectivity index (χ1n) is 3.22. The average molecular weight is 179 g/mol. The van der Waals surface area contributed by atoms with Crippen LogP contribution in [0.5, 0.6) is 0 Å². The molecule has 0 atom stereocenters. The van der Waals surface area contributed by atoms with Gasteiger partial charge in [-0.2, -0.15) is 0 Å². The van der Waals surface area contributed by atoms with Crippen LogP contribution in [0.25, 0.3) is 10.6 Å². The SMILES string of the molecule is S=c1nc2cccccc-2s1. The summed E-state index contributed by atoms with van der Waals surface area (Å²) < 4.78 is 0.714. The molecule has 3 heteroatoms. The number of thiazole rings is 1. The molecule has 1 aliphatic carbocycles. The predicted molar refractivity (Wildman–Crippen MR) is 49.6 cm³/mol. The zero-order valence-electron chi connectivity index (χ0n) is 5.65. The molecule has 0 unspecified atom stereocenters. The number of aromatic nitrogens is 1. The molecule has 0 saturated carbocycles. The molecule has 0 fully saturated rings. The van der Waals surface area contributed by atoms with E-state index in [2.05, 4.69) is 4.98 Å². The lowest BCUT2D eigenvalue weighted by atomic mass is 10.4. The van der Waals surface area contributed by atoms with Gasteiger partial charge >= 0.3 is 0 Å². The number of fused-ring (bicyclic) bond motifs is 1. The molecular formula is C8H5NS2. The van der Waals surface area contributed by atoms with Gasteiger partial charge in [0, 0.05) is 0 Å². The molecule has 0 aromatic rings. The highest BCUT2D eigenvalue weighted by Gasteiger charge is 2.01. The van der Waals surface area contributed by atoms with E-state index in [4.69, 9.17) is 12.2 Å². The van der Waals surface area contributed by atoms with Crippen LogP contribution in [0.15, 0.2) is 30.3 Å². The van der Waals surface area contributed by atoms with Crippen molar-refractivity contribution in [3.8, 4) is 10.6 Å². The lowest BCUT2D eigenvalue weighted by Crippen LogP contribution is -1.65. The van der Waals surface area contributed by atoms with Crippen LogP contribution < -0.4 is 0 Å². The molecule has 2 aliphatic rings. The molecule has 54 valence electrons. The molecule has 0 saturated heterocycles. The first kappa shape index (κ1) is 6.88. The third-order valence-corrected chi connectivity index (χ3v) is 2.56. The zero-order valence-corrected chi connectivity index (χ0v) is 7.28. The van der Waals surface area contributed by atoms with Gasteiger partial charge in [0.05, 0.1) is 10.6 Å². The fourth-order valence-electron chi connectivity index (χ4n) is 0.915. The van der Waals surface area contributed by atoms with Gasteiger partial charge in [-0.15, -0.1) is 11.3 Å². The Morgan fingerprint density at radius 1 is 1.18 bits per heavy atom. The highest BCUT2D eigenvalue weighted by Crippen LogP contribution is 2.23. The Kier molecular flexibility index (Phi) is 1.68. The summed E-state index contributed by atoms with van der Waals surface area (Å²) in [6.07, 6.45) is 0. The predicted octanol–water partition coefficient (Wildman–Crippen LogP) is 2.98. The van der Waals surface area contributed by atoms with E-state index in [1.165, 1.54) is 0 Å². The monoisotopic (exact) mass is 179 g/mol. The highest BCUT2D eigenvalue weighted by atomic mass is 32.1. The normalized spacial score (nSPS) is 10.2. The summed E-state index contributed by atoms with van der Waals surface area (Å²) >= 11 is 6.50. The Morgan fingerprint density at radius 2 is 2.00 bits per heavy atom. The Labute approximate surface area is 73.7 Å². The molecule has 0 amide bonds. The third kappa shape index (κ3) is 1.29. The van der Waals surface area contributed by atoms with Gasteiger partial charge in [-0.3, -0.25) is 0 Å². The second-order valence-electron chi connectivity index (χ2n) is 2.14. The van der Waals surface area contributed by atoms with Gasteiger partial charge in [-0.05, 0) is 24.4 Å². The lowest BCUT2D eigenvalue weighted by Gasteiger charge is -1.81. The summed E-state index contributed by atoms with van der Waals surface area (Å²) in [7, 11) is 0. The lowest BCUT2D eigenvalue weighted by molar-refractivity contribution is 1.40. The Morgan fingerprint density at radius 3 is 2.91 bits per heavy atom. The van der Waals surface area contributed by atoms with Gasteiger partial charge < -0.3 is 0 Å². The maximum absolute atomic E-state index is 4.95. The van der Waals surface area contributed by atoms with Crippen LogP contribution in [0.1, 0.15) is 0 Å². The van der Waals surface area contributed by atoms with Gasteiger partial charge in [0.2, 0.25) is 0 Å². The van der Waals surface area contributed by atoms with E-state index in [1.807, 2.05) is 30.3 Å². The number of nitrogens with zero attached hydrogens (tertiary/aromatic N) is 1. The van der Waals surface area contributed by atoms with Gasteiger partial charge in [0.15, 0.2) is 3.95 Å². The minimum atomic E-state index is 0.714. The van der Waals surface area contributed by atoms with Crippen molar-refractivity contribution in [2.24, 2.45) is 0 Å². The topological polar surface area (TPSA) is 12.9 Å². The largest absolute Gasteiger partial charge is 0.225 e. The second kappa shape index (κ2) is 2.68. The van der Waals surface area contributed by atoms with E-state index in [9.17, 15) is 0 Å². The Balaban J connectivity index is 2.83. The number of hydrogen-bond acceptors (Lipinski definition) is 3. The average Bonchev–Trinajstić information content (AvgIpc) is 2.17. The quantitative estimate of drug-likeness (QED) is 0.577. The van der Waals surface area contributed by atoms with Crippen molar-refractivity contribution in [2.45, 2.75) is 0 Å². The Bertz CT molecular complexity index is 360. The van der Waals surface area contributed by atoms with Crippen LogP contribution in [0.4, 0.5) is 0 Å². The molecule has 2 rings (SSSR count). The van der Waals surface area contributed by atoms with Crippen LogP contribution in [0.3, 0.4) is 0 Å². The van der Waals surface area contributed by atoms with Gasteiger partial charge in [-0.1, -0.05) is 18.2 Å². The number of hydrogen-bond donors (Lipinski definition) is 0. The molecule has 0 aromatic carbocycles. The fourth-order valence-corrected chi connectivity index (χ4v) is 1.98. The van der Waals surface area contributed by atoms with E-state index in [-0.39, 0.29) is 0 Å². The second-order valence-corrected chi connectivity index (χ2v) is 3.82. The molecule has 0 N–H and O–H groups in total. The van der Waals surface area contributed by atoms with Crippen LogP contribution in [-0.2, 0) is 0 Å². The molecular weight excluding hydrogens is 174 g/mol. The molecule has 1 heterocycles. The summed E-state index contributed by atoms with van der Waals surface area (Å²) in [4.78, 5) is 5.34. The van der Waals surface area contributed by atoms with Crippen molar-refractivity contribution in [3.05, 3.63) is 34.3 Å². The summed E-state index contributed by atoms with van der Waals surface area (Å²) in [5.41, 5.74) is 0.991. The summed E-state index contributed by atoms with van der Waals surface area (Å²) in [6, 6.07) is 9.95. The van der Waals surface area contributed by atoms with E-state index in [0.29, 0.717) is 3.95 Å². The van der Waals surface area contributed by atoms with Crippen molar-refractivity contribution in [1.82, 2.24) is 4.98 Å². The van der Waals surface area contributed by atoms with Crippen LogP contribution in [0.2, 0.25) is 0 Å². The first-order chi connectivity index (χ1) is 5.36. The molecule has 0 radical (unpaired) electrons. The van der Waals surface area contributed by atoms with Crippen LogP contribution in [0, 0.1) is 3.95 Å². The van der Waals surface area contributed by atoms with Crippen molar-refractivity contribution in [1.29, 1.82) is 0 Å². The molecule has 1 aliphatic heterocycles. The van der Waals surface area contributed by atoms with Gasteiger partial charge in [0.25, 0.3) is 0 Å². The summed E-state index contributed by atoms with van der Waals surface area (Å²) in [5.74, 6) is 0. The molecule has 0 bridgehead atoms. The van der Waals surface area contributed by atoms with E-state index >= 15 is 0 Å². The van der Waals surface area contributed by atoms with E-state index in [1.54, 1.807) is 11.3 Å². The highest BCUT2D eigenvalue weighted by molar-refractivity contribution is 7.73. The first-order valence-corrected chi connectivity index (χ1v) is 4.45. The van der Waals surface area contributed by atoms with Crippen molar-refractivity contribution >= 4 is 23.6 Å². The van der Waals surface area contributed by atoms with Crippen molar-refractivity contribution < 1.29 is 0 Å². The maximum Gasteiger partial charge on any atom is 0.181 e. The van der Waals surface area contributed by atoms with Crippen molar-refractivity contribution in [3.63, 3.8) is 0 Å². The van der Waals surface area contributed by atoms with Gasteiger partial charge in [0.1, 0.15) is 0 Å². The molecule has 0 aromatic heterocycles. The fraction of sp³-hybridized carbons (Fsp3) is 0. The zero-order chi connectivity index (χ0) is 7.68. The smallest absolute Gasteiger partial charge is 0.181 e. The Hall–Kier alpha value is -0.800. The molecule has 0 spiro atoms. The van der Waals surface area contributed by atoms with E-state index in [0.717, 1.165) is 10.6 Å². The van der Waals surface area contributed by atoms with Crippen LogP contribution >= 0.6 is 23.6 Å². The maximum atomic E-state index is 4.95. The molecule has 11 heavy (non-hydrogen) atoms. The van der Waals surface area contributed by atoms with Crippen molar-refractivity contribution in [2.75, 3.05) is 0 Å². The minimum absolute atomic E-state index is 0.714. The standard InChI is InChI=1S/C8H5NS2/c10-8-9-6-4-2-1-3-5-7(6)11-8/h1-5H. The third-order valence-electron chi connectivity index (χ3n) is 1.39. The summed E-state index contributed by atoms with van der Waals surface area (Å²) in [5, 5.41) is 0. The number of rotatable bonds is 0. The van der Waals surface area contributed by atoms with E-state index < -0.39 is 0 Å². The minimum Gasteiger partial charge on any atom is -0.225 e. The summed E-state index contributed by atoms with van der Waals surface area (Å²) in [6.45, 7) is 0. The van der Waals surface area contributed by atoms with Gasteiger partial charge in [-0.25, -0.2) is 4.98 Å². The van der Waals surface area contributed by atoms with Crippen LogP contribution in [-0.4, -0.2) is 4.98 Å². The molecule has 1 nitrogen and oxygen atoms in total.